The fraction of sp³-hybridized carbons (Fsp3) is 0.304. The van der Waals surface area contributed by atoms with E-state index in [0.29, 0.717) is 31.6 Å². The molecule has 5 heteroatoms. The Morgan fingerprint density at radius 2 is 1.82 bits per heavy atom. The van der Waals surface area contributed by atoms with Gasteiger partial charge in [-0.2, -0.15) is 0 Å². The van der Waals surface area contributed by atoms with Gasteiger partial charge in [-0.05, 0) is 43.2 Å². The topological polar surface area (TPSA) is 49.9 Å². The van der Waals surface area contributed by atoms with E-state index in [2.05, 4.69) is 11.5 Å². The Bertz CT molecular complexity index is 848. The Kier molecular flexibility index (Phi) is 5.95. The number of hydrogen-bond donors (Lipinski definition) is 0. The number of ether oxygens (including phenoxy) is 1. The molecule has 1 unspecified atom stereocenters. The predicted molar refractivity (Wildman–Crippen MR) is 109 cm³/mol. The first-order valence-corrected chi connectivity index (χ1v) is 9.40. The van der Waals surface area contributed by atoms with Crippen LogP contribution in [0.5, 0.6) is 5.75 Å². The maximum absolute atomic E-state index is 13.3. The Balaban J connectivity index is 1.83. The van der Waals surface area contributed by atoms with Crippen molar-refractivity contribution in [1.29, 1.82) is 0 Å². The minimum absolute atomic E-state index is 0.180. The molecule has 0 radical (unpaired) electrons. The molecule has 0 spiro atoms. The minimum atomic E-state index is -0.815. The summed E-state index contributed by atoms with van der Waals surface area (Å²) in [6.07, 6.45) is 2.22. The summed E-state index contributed by atoms with van der Waals surface area (Å²) in [5.74, 6) is 0.373. The molecule has 0 N–H and O–H groups in total. The van der Waals surface area contributed by atoms with Gasteiger partial charge in [0.1, 0.15) is 11.3 Å². The van der Waals surface area contributed by atoms with Gasteiger partial charge in [-0.3, -0.25) is 19.4 Å². The summed E-state index contributed by atoms with van der Waals surface area (Å²) in [6, 6.07) is 16.8. The van der Waals surface area contributed by atoms with Crippen molar-refractivity contribution < 1.29 is 14.3 Å². The highest BCUT2D eigenvalue weighted by atomic mass is 16.5. The number of benzene rings is 2. The van der Waals surface area contributed by atoms with Crippen LogP contribution < -0.4 is 4.74 Å². The molecule has 28 heavy (non-hydrogen) atoms. The second kappa shape index (κ2) is 8.40. The molecule has 1 heterocycles. The molecule has 2 aromatic rings. The summed E-state index contributed by atoms with van der Waals surface area (Å²) in [7, 11) is 1.64. The molecule has 5 nitrogen and oxygen atoms in total. The summed E-state index contributed by atoms with van der Waals surface area (Å²) in [5.41, 5.74) is 0.803. The number of nitrogens with zero attached hydrogens (tertiary/aromatic N) is 2. The second-order valence-electron chi connectivity index (χ2n) is 7.16. The van der Waals surface area contributed by atoms with Crippen LogP contribution in [-0.4, -0.2) is 47.4 Å². The third kappa shape index (κ3) is 3.85. The first kappa shape index (κ1) is 19.8. The van der Waals surface area contributed by atoms with Gasteiger partial charge in [-0.15, -0.1) is 6.58 Å². The highest BCUT2D eigenvalue weighted by molar-refractivity contribution is 6.07. The molecular weight excluding hydrogens is 352 g/mol. The van der Waals surface area contributed by atoms with Gasteiger partial charge < -0.3 is 4.74 Å². The molecule has 0 aliphatic carbocycles. The molecule has 1 atom stereocenters. The summed E-state index contributed by atoms with van der Waals surface area (Å²) < 4.78 is 5.21. The lowest BCUT2D eigenvalue weighted by Gasteiger charge is -2.46. The monoisotopic (exact) mass is 378 g/mol. The zero-order valence-electron chi connectivity index (χ0n) is 16.4. The number of rotatable bonds is 6. The van der Waals surface area contributed by atoms with Crippen molar-refractivity contribution in [2.75, 3.05) is 20.2 Å². The number of amides is 2. The molecule has 2 aromatic carbocycles. The Hall–Kier alpha value is -2.92. The molecule has 1 saturated heterocycles. The summed E-state index contributed by atoms with van der Waals surface area (Å²) in [6.45, 7) is 7.32. The lowest BCUT2D eigenvalue weighted by Crippen LogP contribution is -2.65. The van der Waals surface area contributed by atoms with Gasteiger partial charge in [0.05, 0.1) is 7.11 Å². The highest BCUT2D eigenvalue weighted by Crippen LogP contribution is 2.30. The molecule has 2 amide bonds. The average molecular weight is 378 g/mol. The Labute approximate surface area is 166 Å². The number of hydrogen-bond acceptors (Lipinski definition) is 4. The first-order valence-electron chi connectivity index (χ1n) is 9.40. The maximum Gasteiger partial charge on any atom is 0.260 e. The Morgan fingerprint density at radius 1 is 1.14 bits per heavy atom. The van der Waals surface area contributed by atoms with Crippen molar-refractivity contribution in [3.63, 3.8) is 0 Å². The lowest BCUT2D eigenvalue weighted by atomic mass is 9.90. The van der Waals surface area contributed by atoms with Gasteiger partial charge in [-0.1, -0.05) is 36.4 Å². The van der Waals surface area contributed by atoms with Crippen LogP contribution in [0.4, 0.5) is 0 Å². The van der Waals surface area contributed by atoms with Crippen molar-refractivity contribution in [2.45, 2.75) is 25.4 Å². The van der Waals surface area contributed by atoms with E-state index >= 15 is 0 Å². The number of carbonyl (C=O) groups is 2. The van der Waals surface area contributed by atoms with Gasteiger partial charge >= 0.3 is 0 Å². The molecule has 1 aliphatic rings. The quantitative estimate of drug-likeness (QED) is 0.570. The summed E-state index contributed by atoms with van der Waals surface area (Å²) >= 11 is 0. The Morgan fingerprint density at radius 3 is 2.43 bits per heavy atom. The fourth-order valence-electron chi connectivity index (χ4n) is 3.63. The van der Waals surface area contributed by atoms with Crippen LogP contribution in [0.2, 0.25) is 0 Å². The van der Waals surface area contributed by atoms with Gasteiger partial charge in [0.25, 0.3) is 5.91 Å². The van der Waals surface area contributed by atoms with E-state index in [1.54, 1.807) is 37.5 Å². The van der Waals surface area contributed by atoms with Crippen LogP contribution in [0, 0.1) is 0 Å². The van der Waals surface area contributed by atoms with Gasteiger partial charge in [0.15, 0.2) is 0 Å². The van der Waals surface area contributed by atoms with Gasteiger partial charge in [0, 0.05) is 25.2 Å². The number of piperazine rings is 1. The van der Waals surface area contributed by atoms with Crippen molar-refractivity contribution in [3.8, 4) is 5.75 Å². The third-order valence-electron chi connectivity index (χ3n) is 5.34. The van der Waals surface area contributed by atoms with Crippen molar-refractivity contribution in [2.24, 2.45) is 0 Å². The SMILES string of the molecule is C=CCC1(C)C(=O)N(C(=O)c2ccccc2)CCN1Cc1ccc(OC)cc1. The van der Waals surface area contributed by atoms with Crippen LogP contribution in [0.1, 0.15) is 29.3 Å². The van der Waals surface area contributed by atoms with E-state index in [1.165, 1.54) is 4.90 Å². The normalized spacial score (nSPS) is 20.1. The molecule has 0 bridgehead atoms. The first-order chi connectivity index (χ1) is 13.5. The molecule has 1 fully saturated rings. The van der Waals surface area contributed by atoms with Crippen molar-refractivity contribution in [3.05, 3.63) is 78.4 Å². The van der Waals surface area contributed by atoms with Crippen molar-refractivity contribution >= 4 is 11.8 Å². The molecule has 3 rings (SSSR count). The van der Waals surface area contributed by atoms with Crippen LogP contribution in [0.25, 0.3) is 0 Å². The largest absolute Gasteiger partial charge is 0.497 e. The van der Waals surface area contributed by atoms with E-state index in [1.807, 2.05) is 37.3 Å². The zero-order chi connectivity index (χ0) is 20.1. The van der Waals surface area contributed by atoms with Crippen LogP contribution in [0.3, 0.4) is 0 Å². The average Bonchev–Trinajstić information content (AvgIpc) is 2.73. The zero-order valence-corrected chi connectivity index (χ0v) is 16.4. The van der Waals surface area contributed by atoms with E-state index in [4.69, 9.17) is 4.74 Å². The number of carbonyl (C=O) groups excluding carboxylic acids is 2. The van der Waals surface area contributed by atoms with E-state index < -0.39 is 5.54 Å². The predicted octanol–water partition coefficient (Wildman–Crippen LogP) is 3.51. The smallest absolute Gasteiger partial charge is 0.260 e. The van der Waals surface area contributed by atoms with Crippen LogP contribution in [0.15, 0.2) is 67.3 Å². The number of imide groups is 1. The van der Waals surface area contributed by atoms with E-state index in [-0.39, 0.29) is 11.8 Å². The van der Waals surface area contributed by atoms with Crippen LogP contribution in [-0.2, 0) is 11.3 Å². The minimum Gasteiger partial charge on any atom is -0.497 e. The fourth-order valence-corrected chi connectivity index (χ4v) is 3.63. The second-order valence-corrected chi connectivity index (χ2v) is 7.16. The maximum atomic E-state index is 13.3. The number of methoxy groups -OCH3 is 1. The third-order valence-corrected chi connectivity index (χ3v) is 5.34. The van der Waals surface area contributed by atoms with Crippen LogP contribution >= 0.6 is 0 Å². The van der Waals surface area contributed by atoms with E-state index in [0.717, 1.165) is 11.3 Å². The summed E-state index contributed by atoms with van der Waals surface area (Å²) in [4.78, 5) is 29.7. The highest BCUT2D eigenvalue weighted by Gasteiger charge is 2.46. The molecule has 1 aliphatic heterocycles. The standard InChI is InChI=1S/C23H26N2O3/c1-4-14-23(2)22(27)25(21(26)19-8-6-5-7-9-19)16-15-24(23)17-18-10-12-20(28-3)13-11-18/h4-13H,1,14-17H2,2-3H3. The lowest BCUT2D eigenvalue weighted by molar-refractivity contribution is -0.147. The molecule has 0 saturated carbocycles. The van der Waals surface area contributed by atoms with Crippen molar-refractivity contribution in [1.82, 2.24) is 9.80 Å². The molecular formula is C23H26N2O3. The summed E-state index contributed by atoms with van der Waals surface area (Å²) in [5, 5.41) is 0. The van der Waals surface area contributed by atoms with Gasteiger partial charge in [0.2, 0.25) is 5.91 Å². The molecule has 146 valence electrons. The van der Waals surface area contributed by atoms with Gasteiger partial charge in [-0.25, -0.2) is 0 Å². The van der Waals surface area contributed by atoms with E-state index in [9.17, 15) is 9.59 Å². The molecule has 0 aromatic heterocycles.